The van der Waals surface area contributed by atoms with Crippen LogP contribution >= 0.6 is 0 Å². The number of carbonyl (C=O) groups excluding carboxylic acids is 1. The van der Waals surface area contributed by atoms with Crippen molar-refractivity contribution in [3.05, 3.63) is 0 Å². The van der Waals surface area contributed by atoms with E-state index in [9.17, 15) is 4.79 Å². The topological polar surface area (TPSA) is 38.8 Å². The van der Waals surface area contributed by atoms with E-state index in [0.29, 0.717) is 0 Å². The summed E-state index contributed by atoms with van der Waals surface area (Å²) < 4.78 is 6.45. The lowest BCUT2D eigenvalue weighted by atomic mass is 9.72. The Kier molecular flexibility index (Phi) is 4.55. The Hall–Kier alpha value is -0.393. The second-order valence-electron chi connectivity index (χ2n) is 7.44. The molecule has 1 amide bonds. The summed E-state index contributed by atoms with van der Waals surface area (Å²) in [6.45, 7) is 13.4. The van der Waals surface area contributed by atoms with Gasteiger partial charge >= 0.3 is 0 Å². The maximum Gasteiger partial charge on any atom is 0.249 e. The normalized spacial score (nSPS) is 27.9. The predicted molar refractivity (Wildman–Crippen MR) is 79.2 cm³/mol. The van der Waals surface area contributed by atoms with Gasteiger partial charge in [0.25, 0.3) is 0 Å². The van der Waals surface area contributed by atoms with Crippen LogP contribution < -0.4 is 0 Å². The molecule has 19 heavy (non-hydrogen) atoms. The van der Waals surface area contributed by atoms with E-state index in [4.69, 9.17) is 9.26 Å². The van der Waals surface area contributed by atoms with E-state index in [1.165, 1.54) is 12.2 Å². The lowest BCUT2D eigenvalue weighted by Gasteiger charge is -2.51. The minimum Gasteiger partial charge on any atom is -0.412 e. The molecule has 0 radical (unpaired) electrons. The van der Waals surface area contributed by atoms with Gasteiger partial charge in [-0.05, 0) is 37.9 Å². The first-order valence-corrected chi connectivity index (χ1v) is 9.84. The molecular formula is C14H29NO3Si. The highest BCUT2D eigenvalue weighted by atomic mass is 28.4. The van der Waals surface area contributed by atoms with E-state index in [1.54, 1.807) is 7.05 Å². The van der Waals surface area contributed by atoms with Gasteiger partial charge in [0.15, 0.2) is 8.32 Å². The maximum absolute atomic E-state index is 12.0. The predicted octanol–water partition coefficient (Wildman–Crippen LogP) is 3.20. The zero-order valence-electron chi connectivity index (χ0n) is 13.7. The first kappa shape index (κ1) is 16.7. The maximum atomic E-state index is 12.0. The van der Waals surface area contributed by atoms with Crippen LogP contribution in [0.4, 0.5) is 0 Å². The standard InChI is InChI=1S/C14H29NO3Si/c1-13(2,3)19(7,8)18-14(4)9-11(10-14)12(16)15(5)17-6/h11H,9-10H2,1-8H3. The molecule has 1 aliphatic rings. The SMILES string of the molecule is CON(C)C(=O)C1CC(C)(O[Si](C)(C)C(C)(C)C)C1. The summed E-state index contributed by atoms with van der Waals surface area (Å²) in [6.07, 6.45) is 1.60. The Labute approximate surface area is 118 Å². The lowest BCUT2D eigenvalue weighted by Crippen LogP contribution is -2.56. The monoisotopic (exact) mass is 287 g/mol. The summed E-state index contributed by atoms with van der Waals surface area (Å²) in [4.78, 5) is 16.9. The van der Waals surface area contributed by atoms with Gasteiger partial charge in [0.2, 0.25) is 5.91 Å². The number of carbonyl (C=O) groups is 1. The zero-order chi connectivity index (χ0) is 15.1. The van der Waals surface area contributed by atoms with Gasteiger partial charge in [-0.1, -0.05) is 20.8 Å². The molecule has 1 fully saturated rings. The van der Waals surface area contributed by atoms with Crippen molar-refractivity contribution in [1.82, 2.24) is 5.06 Å². The molecule has 5 heteroatoms. The molecule has 0 N–H and O–H groups in total. The fraction of sp³-hybridized carbons (Fsp3) is 0.929. The highest BCUT2D eigenvalue weighted by molar-refractivity contribution is 6.74. The van der Waals surface area contributed by atoms with Gasteiger partial charge in [-0.15, -0.1) is 0 Å². The van der Waals surface area contributed by atoms with Crippen LogP contribution in [0.25, 0.3) is 0 Å². The Morgan fingerprint density at radius 1 is 1.32 bits per heavy atom. The fourth-order valence-corrected chi connectivity index (χ4v) is 4.06. The van der Waals surface area contributed by atoms with Gasteiger partial charge in [0, 0.05) is 13.0 Å². The number of nitrogens with zero attached hydrogens (tertiary/aromatic N) is 1. The highest BCUT2D eigenvalue weighted by Crippen LogP contribution is 2.47. The first-order valence-electron chi connectivity index (χ1n) is 6.94. The van der Waals surface area contributed by atoms with E-state index < -0.39 is 8.32 Å². The summed E-state index contributed by atoms with van der Waals surface area (Å²) in [6, 6.07) is 0. The third-order valence-corrected chi connectivity index (χ3v) is 9.21. The zero-order valence-corrected chi connectivity index (χ0v) is 14.7. The van der Waals surface area contributed by atoms with Crippen molar-refractivity contribution < 1.29 is 14.1 Å². The van der Waals surface area contributed by atoms with Gasteiger partial charge < -0.3 is 4.43 Å². The summed E-state index contributed by atoms with van der Waals surface area (Å²) in [5.41, 5.74) is -0.141. The van der Waals surface area contributed by atoms with Crippen LogP contribution in [0.1, 0.15) is 40.5 Å². The molecule has 1 saturated carbocycles. The van der Waals surface area contributed by atoms with Gasteiger partial charge in [0.1, 0.15) is 0 Å². The van der Waals surface area contributed by atoms with E-state index >= 15 is 0 Å². The third kappa shape index (κ3) is 3.58. The molecule has 0 saturated heterocycles. The molecule has 0 heterocycles. The average Bonchev–Trinajstić information content (AvgIpc) is 2.21. The number of amides is 1. The van der Waals surface area contributed by atoms with Crippen molar-refractivity contribution in [2.24, 2.45) is 5.92 Å². The van der Waals surface area contributed by atoms with Crippen molar-refractivity contribution >= 4 is 14.2 Å². The first-order chi connectivity index (χ1) is 8.42. The average molecular weight is 287 g/mol. The Morgan fingerprint density at radius 2 is 1.79 bits per heavy atom. The summed E-state index contributed by atoms with van der Waals surface area (Å²) in [7, 11) is 1.41. The van der Waals surface area contributed by atoms with Gasteiger partial charge in [0.05, 0.1) is 12.7 Å². The number of hydroxylamine groups is 2. The van der Waals surface area contributed by atoms with Gasteiger partial charge in [-0.3, -0.25) is 9.63 Å². The van der Waals surface area contributed by atoms with Crippen molar-refractivity contribution in [2.75, 3.05) is 14.2 Å². The van der Waals surface area contributed by atoms with E-state index in [0.717, 1.165) is 12.8 Å². The molecule has 1 rings (SSSR count). The fourth-order valence-electron chi connectivity index (χ4n) is 2.36. The van der Waals surface area contributed by atoms with Crippen LogP contribution in [-0.4, -0.2) is 39.0 Å². The summed E-state index contributed by atoms with van der Waals surface area (Å²) in [5, 5.41) is 1.52. The van der Waals surface area contributed by atoms with Crippen molar-refractivity contribution in [1.29, 1.82) is 0 Å². The molecular weight excluding hydrogens is 258 g/mol. The molecule has 112 valence electrons. The molecule has 0 aromatic carbocycles. The number of rotatable bonds is 4. The van der Waals surface area contributed by atoms with Gasteiger partial charge in [-0.2, -0.15) is 0 Å². The smallest absolute Gasteiger partial charge is 0.249 e. The van der Waals surface area contributed by atoms with Crippen molar-refractivity contribution in [3.8, 4) is 0 Å². The molecule has 0 unspecified atom stereocenters. The van der Waals surface area contributed by atoms with Crippen LogP contribution in [-0.2, 0) is 14.1 Å². The van der Waals surface area contributed by atoms with Gasteiger partial charge in [-0.25, -0.2) is 5.06 Å². The molecule has 0 spiro atoms. The van der Waals surface area contributed by atoms with Crippen LogP contribution in [0.2, 0.25) is 18.1 Å². The minimum absolute atomic E-state index is 0.0414. The molecule has 0 aromatic rings. The summed E-state index contributed by atoms with van der Waals surface area (Å²) >= 11 is 0. The largest absolute Gasteiger partial charge is 0.412 e. The van der Waals surface area contributed by atoms with E-state index in [2.05, 4.69) is 40.8 Å². The Balaban J connectivity index is 2.59. The van der Waals surface area contributed by atoms with Crippen LogP contribution in [0.15, 0.2) is 0 Å². The molecule has 0 bridgehead atoms. The molecule has 0 aliphatic heterocycles. The van der Waals surface area contributed by atoms with E-state index in [-0.39, 0.29) is 22.5 Å². The molecule has 0 aromatic heterocycles. The molecule has 4 nitrogen and oxygen atoms in total. The summed E-state index contributed by atoms with van der Waals surface area (Å²) in [5.74, 6) is 0.0959. The Bertz CT molecular complexity index is 343. The molecule has 0 atom stereocenters. The molecule has 1 aliphatic carbocycles. The quantitative estimate of drug-likeness (QED) is 0.589. The van der Waals surface area contributed by atoms with E-state index in [1.807, 2.05) is 0 Å². The lowest BCUT2D eigenvalue weighted by molar-refractivity contribution is -0.184. The van der Waals surface area contributed by atoms with Crippen LogP contribution in [0.3, 0.4) is 0 Å². The van der Waals surface area contributed by atoms with Crippen molar-refractivity contribution in [3.63, 3.8) is 0 Å². The number of hydrogen-bond donors (Lipinski definition) is 0. The van der Waals surface area contributed by atoms with Crippen LogP contribution in [0.5, 0.6) is 0 Å². The minimum atomic E-state index is -1.77. The number of hydrogen-bond acceptors (Lipinski definition) is 3. The second kappa shape index (κ2) is 5.18. The second-order valence-corrected chi connectivity index (χ2v) is 12.2. The van der Waals surface area contributed by atoms with Crippen LogP contribution in [0, 0.1) is 5.92 Å². The third-order valence-electron chi connectivity index (χ3n) is 4.60. The van der Waals surface area contributed by atoms with Crippen molar-refractivity contribution in [2.45, 2.75) is 64.3 Å². The highest BCUT2D eigenvalue weighted by Gasteiger charge is 2.51. The Morgan fingerprint density at radius 3 is 2.16 bits per heavy atom.